The van der Waals surface area contributed by atoms with Crippen molar-refractivity contribution >= 4 is 44.0 Å². The smallest absolute Gasteiger partial charge is 0.154 e. The van der Waals surface area contributed by atoms with Gasteiger partial charge >= 0.3 is 0 Å². The SMILES string of the molecule is O=S1(=O)CC(I)C(OCc2cccc(Cl)c2)C1. The van der Waals surface area contributed by atoms with Gasteiger partial charge in [-0.1, -0.05) is 46.3 Å². The predicted molar refractivity (Wildman–Crippen MR) is 76.5 cm³/mol. The molecular weight excluding hydrogens is 375 g/mol. The average Bonchev–Trinajstić information content (AvgIpc) is 2.49. The van der Waals surface area contributed by atoms with Gasteiger partial charge in [0.05, 0.1) is 28.1 Å². The molecular formula is C11H12ClIO3S. The Morgan fingerprint density at radius 3 is 2.76 bits per heavy atom. The summed E-state index contributed by atoms with van der Waals surface area (Å²) in [6.07, 6.45) is -0.209. The summed E-state index contributed by atoms with van der Waals surface area (Å²) in [6.45, 7) is 0.403. The molecule has 0 amide bonds. The zero-order valence-corrected chi connectivity index (χ0v) is 12.7. The molecule has 2 rings (SSSR count). The van der Waals surface area contributed by atoms with Crippen LogP contribution in [0.2, 0.25) is 5.02 Å². The molecule has 1 aromatic rings. The van der Waals surface area contributed by atoms with Crippen molar-refractivity contribution in [2.75, 3.05) is 11.5 Å². The summed E-state index contributed by atoms with van der Waals surface area (Å²) in [5.74, 6) is 0.342. The first-order valence-electron chi connectivity index (χ1n) is 5.17. The van der Waals surface area contributed by atoms with E-state index < -0.39 is 9.84 Å². The second kappa shape index (κ2) is 5.42. The molecule has 1 aliphatic heterocycles. The lowest BCUT2D eigenvalue weighted by atomic mass is 10.2. The number of ether oxygens (including phenoxy) is 1. The summed E-state index contributed by atoms with van der Waals surface area (Å²) in [6, 6.07) is 7.39. The number of halogens is 2. The number of rotatable bonds is 3. The summed E-state index contributed by atoms with van der Waals surface area (Å²) < 4.78 is 28.5. The van der Waals surface area contributed by atoms with Crippen molar-refractivity contribution in [2.45, 2.75) is 16.6 Å². The fraction of sp³-hybridized carbons (Fsp3) is 0.455. The first kappa shape index (κ1) is 13.6. The number of hydrogen-bond donors (Lipinski definition) is 0. The zero-order valence-electron chi connectivity index (χ0n) is 8.97. The van der Waals surface area contributed by atoms with Crippen molar-refractivity contribution in [3.8, 4) is 0 Å². The van der Waals surface area contributed by atoms with Crippen molar-refractivity contribution in [3.63, 3.8) is 0 Å². The molecule has 0 radical (unpaired) electrons. The van der Waals surface area contributed by atoms with Crippen molar-refractivity contribution in [1.29, 1.82) is 0 Å². The van der Waals surface area contributed by atoms with Gasteiger partial charge in [0.15, 0.2) is 9.84 Å². The maximum atomic E-state index is 11.4. The number of benzene rings is 1. The number of sulfone groups is 1. The van der Waals surface area contributed by atoms with Crippen LogP contribution in [0.3, 0.4) is 0 Å². The Labute approximate surface area is 120 Å². The molecule has 1 aliphatic rings. The highest BCUT2D eigenvalue weighted by Crippen LogP contribution is 2.24. The summed E-state index contributed by atoms with van der Waals surface area (Å²) in [4.78, 5) is 0. The van der Waals surface area contributed by atoms with E-state index in [-0.39, 0.29) is 21.5 Å². The standard InChI is InChI=1S/C11H12ClIO3S/c12-9-3-1-2-8(4-9)5-16-11-7-17(14,15)6-10(11)13/h1-4,10-11H,5-7H2. The van der Waals surface area contributed by atoms with Crippen LogP contribution < -0.4 is 0 Å². The van der Waals surface area contributed by atoms with Gasteiger partial charge in [-0.3, -0.25) is 0 Å². The summed E-state index contributed by atoms with van der Waals surface area (Å²) >= 11 is 8.00. The van der Waals surface area contributed by atoms with Crippen molar-refractivity contribution < 1.29 is 13.2 Å². The van der Waals surface area contributed by atoms with Crippen LogP contribution in [0.5, 0.6) is 0 Å². The van der Waals surface area contributed by atoms with Crippen LogP contribution >= 0.6 is 34.2 Å². The van der Waals surface area contributed by atoms with Crippen LogP contribution in [0.15, 0.2) is 24.3 Å². The van der Waals surface area contributed by atoms with Gasteiger partial charge in [0.25, 0.3) is 0 Å². The van der Waals surface area contributed by atoms with E-state index >= 15 is 0 Å². The Hall–Kier alpha value is 0.150. The van der Waals surface area contributed by atoms with Crippen LogP contribution in [-0.4, -0.2) is 30.0 Å². The molecule has 0 spiro atoms. The van der Waals surface area contributed by atoms with E-state index in [9.17, 15) is 8.42 Å². The largest absolute Gasteiger partial charge is 0.371 e. The summed E-state index contributed by atoms with van der Waals surface area (Å²) in [5.41, 5.74) is 0.963. The van der Waals surface area contributed by atoms with Crippen molar-refractivity contribution in [2.24, 2.45) is 0 Å². The quantitative estimate of drug-likeness (QED) is 0.592. The first-order valence-corrected chi connectivity index (χ1v) is 8.61. The molecule has 1 fully saturated rings. The van der Waals surface area contributed by atoms with E-state index in [1.54, 1.807) is 6.07 Å². The van der Waals surface area contributed by atoms with Gasteiger partial charge in [-0.2, -0.15) is 0 Å². The Kier molecular flexibility index (Phi) is 4.33. The van der Waals surface area contributed by atoms with Gasteiger partial charge in [-0.05, 0) is 17.7 Å². The molecule has 1 saturated heterocycles. The maximum Gasteiger partial charge on any atom is 0.154 e. The molecule has 0 aliphatic carbocycles. The third-order valence-electron chi connectivity index (χ3n) is 2.59. The van der Waals surface area contributed by atoms with Crippen molar-refractivity contribution in [1.82, 2.24) is 0 Å². The number of alkyl halides is 1. The van der Waals surface area contributed by atoms with Gasteiger partial charge in [-0.15, -0.1) is 0 Å². The van der Waals surface area contributed by atoms with Crippen molar-refractivity contribution in [3.05, 3.63) is 34.9 Å². The molecule has 2 atom stereocenters. The van der Waals surface area contributed by atoms with E-state index in [0.29, 0.717) is 11.6 Å². The molecule has 1 heterocycles. The zero-order chi connectivity index (χ0) is 12.5. The number of hydrogen-bond acceptors (Lipinski definition) is 3. The summed E-state index contributed by atoms with van der Waals surface area (Å²) in [5, 5.41) is 0.663. The summed E-state index contributed by atoms with van der Waals surface area (Å²) in [7, 11) is -2.92. The van der Waals surface area contributed by atoms with Gasteiger partial charge in [0, 0.05) is 5.02 Å². The molecule has 17 heavy (non-hydrogen) atoms. The van der Waals surface area contributed by atoms with Crippen LogP contribution in [0.4, 0.5) is 0 Å². The van der Waals surface area contributed by atoms with Crippen LogP contribution in [-0.2, 0) is 21.2 Å². The lowest BCUT2D eigenvalue weighted by Crippen LogP contribution is -2.22. The van der Waals surface area contributed by atoms with E-state index in [4.69, 9.17) is 16.3 Å². The predicted octanol–water partition coefficient (Wildman–Crippen LogP) is 2.46. The molecule has 0 saturated carbocycles. The van der Waals surface area contributed by atoms with Gasteiger partial charge in [0.1, 0.15) is 0 Å². The highest BCUT2D eigenvalue weighted by atomic mass is 127. The topological polar surface area (TPSA) is 43.4 Å². The van der Waals surface area contributed by atoms with Crippen LogP contribution in [0, 0.1) is 0 Å². The van der Waals surface area contributed by atoms with E-state index in [0.717, 1.165) is 5.56 Å². The minimum absolute atomic E-state index is 0.0387. The Bertz CT molecular complexity index is 503. The monoisotopic (exact) mass is 386 g/mol. The van der Waals surface area contributed by atoms with E-state index in [1.807, 2.05) is 18.2 Å². The minimum atomic E-state index is -2.92. The average molecular weight is 387 g/mol. The Morgan fingerprint density at radius 2 is 2.18 bits per heavy atom. The molecule has 1 aromatic carbocycles. The van der Waals surface area contributed by atoms with Gasteiger partial charge in [-0.25, -0.2) is 8.42 Å². The Balaban J connectivity index is 1.95. The van der Waals surface area contributed by atoms with E-state index in [1.165, 1.54) is 0 Å². The third kappa shape index (κ3) is 3.81. The lowest BCUT2D eigenvalue weighted by Gasteiger charge is -2.13. The van der Waals surface area contributed by atoms with Crippen LogP contribution in [0.25, 0.3) is 0 Å². The molecule has 0 aromatic heterocycles. The third-order valence-corrected chi connectivity index (χ3v) is 6.37. The Morgan fingerprint density at radius 1 is 1.41 bits per heavy atom. The molecule has 0 N–H and O–H groups in total. The molecule has 94 valence electrons. The second-order valence-corrected chi connectivity index (χ2v) is 8.26. The normalized spacial score (nSPS) is 27.2. The molecule has 6 heteroatoms. The highest BCUT2D eigenvalue weighted by molar-refractivity contribution is 14.1. The van der Waals surface area contributed by atoms with Gasteiger partial charge < -0.3 is 4.74 Å². The van der Waals surface area contributed by atoms with Gasteiger partial charge in [0.2, 0.25) is 0 Å². The fourth-order valence-corrected chi connectivity index (χ4v) is 6.08. The molecule has 0 bridgehead atoms. The van der Waals surface area contributed by atoms with Crippen LogP contribution in [0.1, 0.15) is 5.56 Å². The minimum Gasteiger partial charge on any atom is -0.371 e. The second-order valence-electron chi connectivity index (χ2n) is 4.07. The maximum absolute atomic E-state index is 11.4. The highest BCUT2D eigenvalue weighted by Gasteiger charge is 2.36. The lowest BCUT2D eigenvalue weighted by molar-refractivity contribution is 0.0639. The fourth-order valence-electron chi connectivity index (χ4n) is 1.76. The molecule has 3 nitrogen and oxygen atoms in total. The first-order chi connectivity index (χ1) is 7.96. The van der Waals surface area contributed by atoms with E-state index in [2.05, 4.69) is 22.6 Å². The molecule has 2 unspecified atom stereocenters.